The fraction of sp³-hybridized carbons (Fsp3) is 0.130. The molecule has 7 heteroatoms. The molecule has 0 aliphatic heterocycles. The SMILES string of the molecule is O=C(CCc1c(-c2ccc(F)cc2)nc2ccccn12)NCc1ccc(F)cc1Cl. The number of imidazole rings is 1. The van der Waals surface area contributed by atoms with E-state index >= 15 is 0 Å². The van der Waals surface area contributed by atoms with Gasteiger partial charge in [0.1, 0.15) is 17.3 Å². The molecule has 2 heterocycles. The van der Waals surface area contributed by atoms with Crippen LogP contribution in [-0.4, -0.2) is 15.3 Å². The van der Waals surface area contributed by atoms with Gasteiger partial charge in [0.05, 0.1) is 11.4 Å². The standard InChI is InChI=1S/C23H18ClF2N3O/c24-19-13-18(26)9-6-16(19)14-27-22(30)11-10-20-23(15-4-7-17(25)8-5-15)28-21-3-1-2-12-29(20)21/h1-9,12-13H,10-11,14H2,(H,27,30). The molecule has 0 unspecified atom stereocenters. The van der Waals surface area contributed by atoms with Gasteiger partial charge in [0.2, 0.25) is 5.91 Å². The van der Waals surface area contributed by atoms with E-state index in [0.29, 0.717) is 12.0 Å². The zero-order chi connectivity index (χ0) is 21.1. The molecule has 0 saturated heterocycles. The van der Waals surface area contributed by atoms with Crippen molar-refractivity contribution in [2.24, 2.45) is 0 Å². The Labute approximate surface area is 177 Å². The zero-order valence-corrected chi connectivity index (χ0v) is 16.7. The number of rotatable bonds is 6. The van der Waals surface area contributed by atoms with E-state index in [-0.39, 0.29) is 29.7 Å². The van der Waals surface area contributed by atoms with Crippen molar-refractivity contribution in [3.05, 3.63) is 94.8 Å². The molecule has 2 aromatic carbocycles. The first kappa shape index (κ1) is 20.0. The van der Waals surface area contributed by atoms with Crippen molar-refractivity contribution in [2.75, 3.05) is 0 Å². The maximum atomic E-state index is 13.3. The molecule has 0 fully saturated rings. The van der Waals surface area contributed by atoms with Gasteiger partial charge in [-0.1, -0.05) is 23.7 Å². The smallest absolute Gasteiger partial charge is 0.220 e. The lowest BCUT2D eigenvalue weighted by Gasteiger charge is -2.08. The van der Waals surface area contributed by atoms with Crippen LogP contribution in [0.4, 0.5) is 8.78 Å². The predicted octanol–water partition coefficient (Wildman–Crippen LogP) is 5.18. The third-order valence-electron chi connectivity index (χ3n) is 4.83. The molecule has 0 saturated carbocycles. The fourth-order valence-corrected chi connectivity index (χ4v) is 3.54. The van der Waals surface area contributed by atoms with Crippen LogP contribution in [0.2, 0.25) is 5.02 Å². The Bertz CT molecular complexity index is 1210. The van der Waals surface area contributed by atoms with E-state index in [4.69, 9.17) is 11.6 Å². The number of nitrogens with one attached hydrogen (secondary N) is 1. The fourth-order valence-electron chi connectivity index (χ4n) is 3.30. The lowest BCUT2D eigenvalue weighted by molar-refractivity contribution is -0.121. The van der Waals surface area contributed by atoms with E-state index in [2.05, 4.69) is 10.3 Å². The Hall–Kier alpha value is -3.25. The number of fused-ring (bicyclic) bond motifs is 1. The van der Waals surface area contributed by atoms with Crippen molar-refractivity contribution in [1.29, 1.82) is 0 Å². The number of pyridine rings is 1. The van der Waals surface area contributed by atoms with E-state index in [1.165, 1.54) is 24.3 Å². The average Bonchev–Trinajstić information content (AvgIpc) is 3.10. The van der Waals surface area contributed by atoms with Gasteiger partial charge in [-0.2, -0.15) is 0 Å². The highest BCUT2D eigenvalue weighted by Gasteiger charge is 2.15. The van der Waals surface area contributed by atoms with Crippen molar-refractivity contribution in [3.63, 3.8) is 0 Å². The number of carbonyl (C=O) groups excluding carboxylic acids is 1. The Morgan fingerprint density at radius 2 is 1.80 bits per heavy atom. The summed E-state index contributed by atoms with van der Waals surface area (Å²) in [6.45, 7) is 0.218. The van der Waals surface area contributed by atoms with Crippen molar-refractivity contribution in [1.82, 2.24) is 14.7 Å². The monoisotopic (exact) mass is 425 g/mol. The topological polar surface area (TPSA) is 46.4 Å². The molecule has 1 amide bonds. The van der Waals surface area contributed by atoms with E-state index < -0.39 is 5.82 Å². The number of benzene rings is 2. The Morgan fingerprint density at radius 1 is 1.03 bits per heavy atom. The molecule has 0 bridgehead atoms. The Morgan fingerprint density at radius 3 is 2.57 bits per heavy atom. The highest BCUT2D eigenvalue weighted by atomic mass is 35.5. The van der Waals surface area contributed by atoms with E-state index in [1.807, 2.05) is 28.8 Å². The van der Waals surface area contributed by atoms with Crippen molar-refractivity contribution in [3.8, 4) is 11.3 Å². The summed E-state index contributed by atoms with van der Waals surface area (Å²) in [5.41, 5.74) is 3.77. The number of halogens is 3. The molecule has 4 aromatic rings. The van der Waals surface area contributed by atoms with Crippen LogP contribution in [0.5, 0.6) is 0 Å². The van der Waals surface area contributed by atoms with E-state index in [0.717, 1.165) is 22.6 Å². The van der Waals surface area contributed by atoms with E-state index in [9.17, 15) is 13.6 Å². The van der Waals surface area contributed by atoms with Gasteiger partial charge in [0.25, 0.3) is 0 Å². The van der Waals surface area contributed by atoms with Gasteiger partial charge in [0, 0.05) is 29.7 Å². The predicted molar refractivity (Wildman–Crippen MR) is 112 cm³/mol. The van der Waals surface area contributed by atoms with Crippen molar-refractivity contribution < 1.29 is 13.6 Å². The first-order chi connectivity index (χ1) is 14.5. The summed E-state index contributed by atoms with van der Waals surface area (Å²) in [5.74, 6) is -0.898. The van der Waals surface area contributed by atoms with Gasteiger partial charge in [-0.25, -0.2) is 13.8 Å². The van der Waals surface area contributed by atoms with Crippen molar-refractivity contribution in [2.45, 2.75) is 19.4 Å². The number of aryl methyl sites for hydroxylation is 1. The molecule has 4 rings (SSSR count). The van der Waals surface area contributed by atoms with Gasteiger partial charge in [-0.3, -0.25) is 4.79 Å². The quantitative estimate of drug-likeness (QED) is 0.462. The summed E-state index contributed by atoms with van der Waals surface area (Å²) in [7, 11) is 0. The third-order valence-corrected chi connectivity index (χ3v) is 5.18. The number of hydrogen-bond acceptors (Lipinski definition) is 2. The Kier molecular flexibility index (Phi) is 5.77. The second-order valence-electron chi connectivity index (χ2n) is 6.86. The van der Waals surface area contributed by atoms with Gasteiger partial charge >= 0.3 is 0 Å². The minimum absolute atomic E-state index is 0.161. The number of amides is 1. The van der Waals surface area contributed by atoms with Crippen LogP contribution in [0, 0.1) is 11.6 Å². The molecule has 2 aromatic heterocycles. The van der Waals surface area contributed by atoms with E-state index in [1.54, 1.807) is 18.2 Å². The maximum Gasteiger partial charge on any atom is 0.220 e. The number of aromatic nitrogens is 2. The van der Waals surface area contributed by atoms with Crippen LogP contribution in [0.15, 0.2) is 66.9 Å². The molecule has 1 N–H and O–H groups in total. The van der Waals surface area contributed by atoms with Crippen molar-refractivity contribution >= 4 is 23.2 Å². The molecule has 0 atom stereocenters. The number of carbonyl (C=O) groups is 1. The minimum Gasteiger partial charge on any atom is -0.352 e. The van der Waals surface area contributed by atoms with Gasteiger partial charge in [0.15, 0.2) is 0 Å². The highest BCUT2D eigenvalue weighted by Crippen LogP contribution is 2.26. The number of nitrogens with zero attached hydrogens (tertiary/aromatic N) is 2. The molecule has 0 aliphatic rings. The molecule has 0 radical (unpaired) electrons. The van der Waals surface area contributed by atoms with Crippen LogP contribution < -0.4 is 5.32 Å². The normalized spacial score (nSPS) is 11.0. The van der Waals surface area contributed by atoms with Crippen LogP contribution in [-0.2, 0) is 17.8 Å². The summed E-state index contributed by atoms with van der Waals surface area (Å²) in [5, 5.41) is 3.09. The molecule has 152 valence electrons. The molecule has 30 heavy (non-hydrogen) atoms. The van der Waals surface area contributed by atoms with Gasteiger partial charge in [-0.15, -0.1) is 0 Å². The largest absolute Gasteiger partial charge is 0.352 e. The molecule has 0 spiro atoms. The lowest BCUT2D eigenvalue weighted by atomic mass is 10.1. The minimum atomic E-state index is -0.420. The van der Waals surface area contributed by atoms with Gasteiger partial charge < -0.3 is 9.72 Å². The zero-order valence-electron chi connectivity index (χ0n) is 15.9. The average molecular weight is 426 g/mol. The second-order valence-corrected chi connectivity index (χ2v) is 7.26. The van der Waals surface area contributed by atoms with Crippen LogP contribution in [0.25, 0.3) is 16.9 Å². The molecular formula is C23H18ClF2N3O. The number of hydrogen-bond donors (Lipinski definition) is 1. The summed E-state index contributed by atoms with van der Waals surface area (Å²) < 4.78 is 28.4. The molecule has 0 aliphatic carbocycles. The molecule has 4 nitrogen and oxygen atoms in total. The summed E-state index contributed by atoms with van der Waals surface area (Å²) in [6, 6.07) is 15.9. The van der Waals surface area contributed by atoms with Crippen LogP contribution in [0.3, 0.4) is 0 Å². The first-order valence-corrected chi connectivity index (χ1v) is 9.81. The Balaban J connectivity index is 1.51. The third kappa shape index (κ3) is 4.33. The van der Waals surface area contributed by atoms with Crippen LogP contribution >= 0.6 is 11.6 Å². The summed E-state index contributed by atoms with van der Waals surface area (Å²) in [4.78, 5) is 17.1. The van der Waals surface area contributed by atoms with Crippen LogP contribution in [0.1, 0.15) is 17.7 Å². The summed E-state index contributed by atoms with van der Waals surface area (Å²) >= 11 is 6.01. The lowest BCUT2D eigenvalue weighted by Crippen LogP contribution is -2.23. The first-order valence-electron chi connectivity index (χ1n) is 9.44. The summed E-state index contributed by atoms with van der Waals surface area (Å²) in [6.07, 6.45) is 2.57. The highest BCUT2D eigenvalue weighted by molar-refractivity contribution is 6.31. The maximum absolute atomic E-state index is 13.3. The van der Waals surface area contributed by atoms with Gasteiger partial charge in [-0.05, 0) is 60.5 Å². The molecular weight excluding hydrogens is 408 g/mol. The second kappa shape index (κ2) is 8.63.